The van der Waals surface area contributed by atoms with Gasteiger partial charge in [0, 0.05) is 5.56 Å². The largest absolute Gasteiger partial charge is 0.306 e. The van der Waals surface area contributed by atoms with Crippen LogP contribution in [0.4, 0.5) is 12.7 Å². The molecule has 0 heterocycles. The minimum atomic E-state index is -4.82. The minimum Gasteiger partial charge on any atom is -0.204 e. The Bertz CT molecular complexity index is 414. The van der Waals surface area contributed by atoms with Crippen molar-refractivity contribution in [2.75, 3.05) is 0 Å². The molecular weight excluding hydrogens is 205 g/mol. The van der Waals surface area contributed by atoms with E-state index in [1.165, 1.54) is 0 Å². The first-order valence-corrected chi connectivity index (χ1v) is 4.80. The molecule has 0 saturated heterocycles. The Kier molecular flexibility index (Phi) is 2.60. The van der Waals surface area contributed by atoms with Crippen LogP contribution in [-0.4, -0.2) is 8.42 Å². The van der Waals surface area contributed by atoms with Crippen molar-refractivity contribution in [1.82, 2.24) is 0 Å². The van der Waals surface area contributed by atoms with Gasteiger partial charge in [0.05, 0.1) is 0 Å². The molecule has 6 heteroatoms. The predicted molar refractivity (Wildman–Crippen MR) is 40.1 cm³/mol. The molecule has 0 saturated carbocycles. The first kappa shape index (κ1) is 10.0. The molecule has 0 aromatic heterocycles. The fourth-order valence-corrected chi connectivity index (χ4v) is 1.44. The highest BCUT2D eigenvalue weighted by molar-refractivity contribution is 7.85. The lowest BCUT2D eigenvalue weighted by Gasteiger charge is -1.99. The lowest BCUT2D eigenvalue weighted by molar-refractivity contribution is 0.499. The van der Waals surface area contributed by atoms with Gasteiger partial charge >= 0.3 is 10.2 Å². The van der Waals surface area contributed by atoms with Crippen molar-refractivity contribution in [1.29, 1.82) is 0 Å². The fourth-order valence-electron chi connectivity index (χ4n) is 0.846. The maximum Gasteiger partial charge on any atom is 0.306 e. The second-order valence-corrected chi connectivity index (χ2v) is 3.76. The molecule has 0 bridgehead atoms. The molecular formula is C7H5F3O2S. The van der Waals surface area contributed by atoms with Gasteiger partial charge in [-0.3, -0.25) is 0 Å². The summed E-state index contributed by atoms with van der Waals surface area (Å²) in [5.74, 6) is -3.67. The number of hydrogen-bond donors (Lipinski definition) is 0. The van der Waals surface area contributed by atoms with Gasteiger partial charge < -0.3 is 0 Å². The van der Waals surface area contributed by atoms with Crippen molar-refractivity contribution in [3.05, 3.63) is 35.4 Å². The molecule has 0 atom stereocenters. The number of benzene rings is 1. The van der Waals surface area contributed by atoms with Crippen LogP contribution in [0.3, 0.4) is 0 Å². The summed E-state index contributed by atoms with van der Waals surface area (Å²) < 4.78 is 57.5. The standard InChI is InChI=1S/C7H5F3O2S/c8-6-3-1-2-5(7(6)9)4-13(10,11)12/h1-3H,4H2. The van der Waals surface area contributed by atoms with Gasteiger partial charge in [-0.2, -0.15) is 8.42 Å². The van der Waals surface area contributed by atoms with Crippen molar-refractivity contribution in [3.8, 4) is 0 Å². The third-order valence-electron chi connectivity index (χ3n) is 1.36. The zero-order valence-electron chi connectivity index (χ0n) is 6.30. The highest BCUT2D eigenvalue weighted by atomic mass is 32.3. The summed E-state index contributed by atoms with van der Waals surface area (Å²) in [6, 6.07) is 2.94. The molecule has 0 amide bonds. The second-order valence-electron chi connectivity index (χ2n) is 2.40. The fraction of sp³-hybridized carbons (Fsp3) is 0.143. The van der Waals surface area contributed by atoms with E-state index < -0.39 is 33.2 Å². The van der Waals surface area contributed by atoms with E-state index in [0.717, 1.165) is 18.2 Å². The van der Waals surface area contributed by atoms with E-state index in [0.29, 0.717) is 0 Å². The van der Waals surface area contributed by atoms with Crippen LogP contribution in [-0.2, 0) is 16.0 Å². The van der Waals surface area contributed by atoms with E-state index in [1.807, 2.05) is 0 Å². The van der Waals surface area contributed by atoms with Crippen LogP contribution in [0.5, 0.6) is 0 Å². The zero-order valence-corrected chi connectivity index (χ0v) is 7.11. The zero-order chi connectivity index (χ0) is 10.1. The van der Waals surface area contributed by atoms with Gasteiger partial charge in [0.15, 0.2) is 11.6 Å². The minimum absolute atomic E-state index is 0.512. The van der Waals surface area contributed by atoms with Crippen molar-refractivity contribution in [3.63, 3.8) is 0 Å². The Morgan fingerprint density at radius 1 is 1.23 bits per heavy atom. The van der Waals surface area contributed by atoms with Gasteiger partial charge in [-0.05, 0) is 6.07 Å². The van der Waals surface area contributed by atoms with E-state index in [2.05, 4.69) is 0 Å². The van der Waals surface area contributed by atoms with Crippen LogP contribution in [0.25, 0.3) is 0 Å². The van der Waals surface area contributed by atoms with Gasteiger partial charge in [-0.15, -0.1) is 3.89 Å². The predicted octanol–water partition coefficient (Wildman–Crippen LogP) is 1.76. The van der Waals surface area contributed by atoms with Crippen LogP contribution in [0.2, 0.25) is 0 Å². The van der Waals surface area contributed by atoms with E-state index in [4.69, 9.17) is 0 Å². The maximum absolute atomic E-state index is 12.7. The monoisotopic (exact) mass is 210 g/mol. The lowest BCUT2D eigenvalue weighted by Crippen LogP contribution is -2.00. The molecule has 1 aromatic carbocycles. The van der Waals surface area contributed by atoms with Gasteiger partial charge in [-0.25, -0.2) is 8.78 Å². The van der Waals surface area contributed by atoms with Crippen molar-refractivity contribution in [2.45, 2.75) is 5.75 Å². The van der Waals surface area contributed by atoms with Crippen molar-refractivity contribution < 1.29 is 21.1 Å². The Labute approximate surface area is 73.2 Å². The van der Waals surface area contributed by atoms with E-state index in [9.17, 15) is 21.1 Å². The summed E-state index contributed by atoms with van der Waals surface area (Å²) in [5, 5.41) is 0. The molecule has 0 unspecified atom stereocenters. The molecule has 1 rings (SSSR count). The van der Waals surface area contributed by atoms with Crippen LogP contribution in [0.1, 0.15) is 5.56 Å². The summed E-state index contributed by atoms with van der Waals surface area (Å²) >= 11 is 0. The Morgan fingerprint density at radius 2 is 1.85 bits per heavy atom. The summed E-state index contributed by atoms with van der Waals surface area (Å²) in [7, 11) is -4.82. The molecule has 1 aromatic rings. The number of hydrogen-bond acceptors (Lipinski definition) is 2. The van der Waals surface area contributed by atoms with E-state index in [1.54, 1.807) is 0 Å². The smallest absolute Gasteiger partial charge is 0.204 e. The Hall–Kier alpha value is -1.04. The molecule has 0 N–H and O–H groups in total. The molecule has 0 aliphatic carbocycles. The molecule has 0 radical (unpaired) electrons. The van der Waals surface area contributed by atoms with Crippen LogP contribution in [0.15, 0.2) is 18.2 Å². The average Bonchev–Trinajstić information content (AvgIpc) is 1.96. The topological polar surface area (TPSA) is 34.1 Å². The third kappa shape index (κ3) is 2.73. The van der Waals surface area contributed by atoms with Gasteiger partial charge in [0.25, 0.3) is 0 Å². The van der Waals surface area contributed by atoms with Crippen molar-refractivity contribution >= 4 is 10.2 Å². The Balaban J connectivity index is 3.10. The molecule has 0 aliphatic heterocycles. The SMILES string of the molecule is O=S(=O)(F)Cc1cccc(F)c1F. The lowest BCUT2D eigenvalue weighted by atomic mass is 10.2. The second kappa shape index (κ2) is 3.37. The average molecular weight is 210 g/mol. The number of halogens is 3. The summed E-state index contributed by atoms with van der Waals surface area (Å²) in [4.78, 5) is 0. The first-order chi connectivity index (χ1) is 5.90. The molecule has 2 nitrogen and oxygen atoms in total. The van der Waals surface area contributed by atoms with E-state index in [-0.39, 0.29) is 0 Å². The van der Waals surface area contributed by atoms with Gasteiger partial charge in [0.2, 0.25) is 0 Å². The highest BCUT2D eigenvalue weighted by Crippen LogP contribution is 2.14. The molecule has 0 spiro atoms. The third-order valence-corrected chi connectivity index (χ3v) is 2.02. The normalized spacial score (nSPS) is 11.6. The van der Waals surface area contributed by atoms with E-state index >= 15 is 0 Å². The van der Waals surface area contributed by atoms with Crippen LogP contribution < -0.4 is 0 Å². The van der Waals surface area contributed by atoms with Crippen LogP contribution in [0, 0.1) is 11.6 Å². The van der Waals surface area contributed by atoms with Gasteiger partial charge in [-0.1, -0.05) is 12.1 Å². The molecule has 72 valence electrons. The van der Waals surface area contributed by atoms with Crippen LogP contribution >= 0.6 is 0 Å². The summed E-state index contributed by atoms with van der Waals surface area (Å²) in [5.41, 5.74) is -0.512. The molecule has 0 aliphatic rings. The van der Waals surface area contributed by atoms with Gasteiger partial charge in [0.1, 0.15) is 5.75 Å². The van der Waals surface area contributed by atoms with Crippen molar-refractivity contribution in [2.24, 2.45) is 0 Å². The Morgan fingerprint density at radius 3 is 2.38 bits per heavy atom. The maximum atomic E-state index is 12.7. The summed E-state index contributed by atoms with van der Waals surface area (Å²) in [6.45, 7) is 0. The molecule has 0 fully saturated rings. The highest BCUT2D eigenvalue weighted by Gasteiger charge is 2.14. The number of rotatable bonds is 2. The quantitative estimate of drug-likeness (QED) is 0.697. The molecule has 13 heavy (non-hydrogen) atoms. The summed E-state index contributed by atoms with van der Waals surface area (Å²) in [6.07, 6.45) is 0. The first-order valence-electron chi connectivity index (χ1n) is 3.25.